The van der Waals surface area contributed by atoms with Crippen molar-refractivity contribution in [1.29, 1.82) is 0 Å². The van der Waals surface area contributed by atoms with Crippen LogP contribution >= 0.6 is 0 Å². The van der Waals surface area contributed by atoms with Gasteiger partial charge in [-0.25, -0.2) is 0 Å². The van der Waals surface area contributed by atoms with Gasteiger partial charge in [-0.05, 0) is 44.0 Å². The van der Waals surface area contributed by atoms with Crippen LogP contribution in [0.5, 0.6) is 5.75 Å². The fraction of sp³-hybridized carbons (Fsp3) is 0.267. The van der Waals surface area contributed by atoms with Gasteiger partial charge in [-0.2, -0.15) is 0 Å². The number of H-pyrrole nitrogens is 1. The van der Waals surface area contributed by atoms with Gasteiger partial charge in [0.25, 0.3) is 0 Å². The Kier molecular flexibility index (Phi) is 3.24. The maximum atomic E-state index is 11.6. The van der Waals surface area contributed by atoms with E-state index in [1.54, 1.807) is 19.2 Å². The van der Waals surface area contributed by atoms with E-state index in [1.165, 1.54) is 0 Å². The number of aromatic amines is 1. The molecule has 18 heavy (non-hydrogen) atoms. The second-order valence-electron chi connectivity index (χ2n) is 4.55. The average molecular weight is 243 g/mol. The van der Waals surface area contributed by atoms with Crippen molar-refractivity contribution in [2.24, 2.45) is 0 Å². The van der Waals surface area contributed by atoms with Gasteiger partial charge in [0.05, 0.1) is 7.11 Å². The monoisotopic (exact) mass is 243 g/mol. The second kappa shape index (κ2) is 4.69. The molecule has 0 aliphatic carbocycles. The van der Waals surface area contributed by atoms with Gasteiger partial charge in [0.2, 0.25) is 0 Å². The molecule has 94 valence electrons. The molecule has 0 saturated carbocycles. The van der Waals surface area contributed by atoms with Crippen LogP contribution < -0.4 is 10.2 Å². The first-order valence-electron chi connectivity index (χ1n) is 5.88. The Bertz CT molecular complexity index is 641. The summed E-state index contributed by atoms with van der Waals surface area (Å²) >= 11 is 0. The number of aromatic nitrogens is 1. The zero-order chi connectivity index (χ0) is 13.3. The molecule has 0 aliphatic rings. The minimum absolute atomic E-state index is 0.0223. The molecule has 1 aromatic carbocycles. The molecule has 0 amide bonds. The first kappa shape index (κ1) is 12.4. The zero-order valence-corrected chi connectivity index (χ0v) is 11.1. The van der Waals surface area contributed by atoms with Gasteiger partial charge in [-0.1, -0.05) is 0 Å². The predicted octanol–water partition coefficient (Wildman–Crippen LogP) is 2.98. The molecule has 1 aromatic heterocycles. The lowest BCUT2D eigenvalue weighted by atomic mass is 10.0. The summed E-state index contributed by atoms with van der Waals surface area (Å²) in [6.07, 6.45) is 0. The topological polar surface area (TPSA) is 42.1 Å². The molecule has 2 aromatic rings. The van der Waals surface area contributed by atoms with Crippen molar-refractivity contribution in [2.45, 2.75) is 20.8 Å². The van der Waals surface area contributed by atoms with Crippen LogP contribution in [-0.2, 0) is 0 Å². The van der Waals surface area contributed by atoms with Crippen LogP contribution in [0.4, 0.5) is 0 Å². The predicted molar refractivity (Wildman–Crippen MR) is 73.3 cm³/mol. The van der Waals surface area contributed by atoms with Crippen molar-refractivity contribution in [3.8, 4) is 17.0 Å². The lowest BCUT2D eigenvalue weighted by Gasteiger charge is -2.12. The third-order valence-electron chi connectivity index (χ3n) is 3.01. The molecule has 1 N–H and O–H groups in total. The van der Waals surface area contributed by atoms with E-state index in [-0.39, 0.29) is 5.43 Å². The van der Waals surface area contributed by atoms with Crippen LogP contribution in [-0.4, -0.2) is 12.1 Å². The van der Waals surface area contributed by atoms with Crippen LogP contribution in [0.3, 0.4) is 0 Å². The van der Waals surface area contributed by atoms with Crippen LogP contribution in [0.2, 0.25) is 0 Å². The summed E-state index contributed by atoms with van der Waals surface area (Å²) in [6, 6.07) is 7.25. The highest BCUT2D eigenvalue weighted by atomic mass is 16.5. The number of benzene rings is 1. The van der Waals surface area contributed by atoms with Crippen molar-refractivity contribution in [2.75, 3.05) is 7.11 Å². The summed E-state index contributed by atoms with van der Waals surface area (Å²) in [6.45, 7) is 5.89. The second-order valence-corrected chi connectivity index (χ2v) is 4.55. The highest BCUT2D eigenvalue weighted by molar-refractivity contribution is 5.66. The summed E-state index contributed by atoms with van der Waals surface area (Å²) in [4.78, 5) is 14.8. The number of aryl methyl sites for hydroxylation is 3. The largest absolute Gasteiger partial charge is 0.496 e. The first-order valence-corrected chi connectivity index (χ1v) is 5.88. The van der Waals surface area contributed by atoms with E-state index >= 15 is 0 Å². The third-order valence-corrected chi connectivity index (χ3v) is 3.01. The summed E-state index contributed by atoms with van der Waals surface area (Å²) in [5, 5.41) is 0. The fourth-order valence-corrected chi connectivity index (χ4v) is 2.13. The maximum Gasteiger partial charge on any atom is 0.182 e. The average Bonchev–Trinajstić information content (AvgIpc) is 2.30. The Labute approximate surface area is 106 Å². The Morgan fingerprint density at radius 3 is 2.33 bits per heavy atom. The molecule has 1 heterocycles. The van der Waals surface area contributed by atoms with Gasteiger partial charge in [0.15, 0.2) is 5.43 Å². The Hall–Kier alpha value is -2.03. The molecule has 0 saturated heterocycles. The van der Waals surface area contributed by atoms with Crippen LogP contribution in [0.1, 0.15) is 16.8 Å². The van der Waals surface area contributed by atoms with E-state index in [0.29, 0.717) is 0 Å². The van der Waals surface area contributed by atoms with Crippen LogP contribution in [0, 0.1) is 20.8 Å². The van der Waals surface area contributed by atoms with Gasteiger partial charge < -0.3 is 9.72 Å². The number of nitrogens with one attached hydrogen (secondary N) is 1. The van der Waals surface area contributed by atoms with E-state index in [1.807, 2.05) is 32.9 Å². The van der Waals surface area contributed by atoms with Crippen molar-refractivity contribution in [3.05, 3.63) is 51.3 Å². The lowest BCUT2D eigenvalue weighted by molar-refractivity contribution is 0.411. The zero-order valence-electron chi connectivity index (χ0n) is 11.1. The quantitative estimate of drug-likeness (QED) is 0.881. The molecule has 0 radical (unpaired) electrons. The molecule has 0 atom stereocenters. The maximum absolute atomic E-state index is 11.6. The highest BCUT2D eigenvalue weighted by Gasteiger charge is 2.08. The van der Waals surface area contributed by atoms with E-state index in [0.717, 1.165) is 33.8 Å². The number of methoxy groups -OCH3 is 1. The smallest absolute Gasteiger partial charge is 0.182 e. The summed E-state index contributed by atoms with van der Waals surface area (Å²) in [5.74, 6) is 0.867. The number of hydrogen-bond acceptors (Lipinski definition) is 2. The Balaban J connectivity index is 2.64. The van der Waals surface area contributed by atoms with E-state index in [2.05, 4.69) is 4.98 Å². The van der Waals surface area contributed by atoms with Crippen molar-refractivity contribution in [1.82, 2.24) is 4.98 Å². The van der Waals surface area contributed by atoms with Crippen LogP contribution in [0.25, 0.3) is 11.3 Å². The van der Waals surface area contributed by atoms with Crippen molar-refractivity contribution in [3.63, 3.8) is 0 Å². The molecule has 0 unspecified atom stereocenters. The Morgan fingerprint density at radius 1 is 1.00 bits per heavy atom. The minimum atomic E-state index is 0.0223. The van der Waals surface area contributed by atoms with Gasteiger partial charge in [-0.15, -0.1) is 0 Å². The molecular weight excluding hydrogens is 226 g/mol. The van der Waals surface area contributed by atoms with E-state index < -0.39 is 0 Å². The summed E-state index contributed by atoms with van der Waals surface area (Å²) < 4.78 is 5.29. The molecular formula is C15H17NO2. The number of pyridine rings is 1. The molecule has 0 spiro atoms. The first-order chi connectivity index (χ1) is 8.51. The Morgan fingerprint density at radius 2 is 1.72 bits per heavy atom. The van der Waals surface area contributed by atoms with Gasteiger partial charge in [0, 0.05) is 29.1 Å². The molecule has 2 rings (SSSR count). The fourth-order valence-electron chi connectivity index (χ4n) is 2.13. The third kappa shape index (κ3) is 2.30. The highest BCUT2D eigenvalue weighted by Crippen LogP contribution is 2.28. The number of ether oxygens (including phenoxy) is 1. The summed E-state index contributed by atoms with van der Waals surface area (Å²) in [7, 11) is 1.66. The van der Waals surface area contributed by atoms with Gasteiger partial charge >= 0.3 is 0 Å². The molecule has 3 heteroatoms. The molecule has 0 fully saturated rings. The van der Waals surface area contributed by atoms with Gasteiger partial charge in [0.1, 0.15) is 5.75 Å². The minimum Gasteiger partial charge on any atom is -0.496 e. The SMILES string of the molecule is COc1cc(C)c(-c2cc(=O)cc(C)[nH]2)cc1C. The van der Waals surface area contributed by atoms with Gasteiger partial charge in [-0.3, -0.25) is 4.79 Å². The normalized spacial score (nSPS) is 10.4. The lowest BCUT2D eigenvalue weighted by Crippen LogP contribution is -2.02. The van der Waals surface area contributed by atoms with E-state index in [9.17, 15) is 4.79 Å². The number of hydrogen-bond donors (Lipinski definition) is 1. The summed E-state index contributed by atoms with van der Waals surface area (Å²) in [5.41, 5.74) is 4.91. The molecule has 0 bridgehead atoms. The van der Waals surface area contributed by atoms with Crippen molar-refractivity contribution >= 4 is 0 Å². The van der Waals surface area contributed by atoms with Crippen LogP contribution in [0.15, 0.2) is 29.1 Å². The molecule has 0 aliphatic heterocycles. The van der Waals surface area contributed by atoms with Crippen molar-refractivity contribution < 1.29 is 4.74 Å². The van der Waals surface area contributed by atoms with E-state index in [4.69, 9.17) is 4.74 Å². The standard InChI is InChI=1S/C15H17NO2/c1-9-6-15(18-4)10(2)5-13(9)14-8-12(17)7-11(3)16-14/h5-8H,1-4H3,(H,16,17). The number of rotatable bonds is 2. The molecule has 3 nitrogen and oxygen atoms in total.